The Bertz CT molecular complexity index is 599. The summed E-state index contributed by atoms with van der Waals surface area (Å²) in [5, 5.41) is 37.9. The third-order valence-corrected chi connectivity index (χ3v) is 4.68. The molecular weight excluding hydrogens is 316 g/mol. The number of benzene rings is 1. The highest BCUT2D eigenvalue weighted by Gasteiger charge is 2.43. The molecule has 1 aliphatic heterocycles. The first-order valence-electron chi connectivity index (χ1n) is 6.56. The fourth-order valence-corrected chi connectivity index (χ4v) is 2.92. The molecule has 1 heterocycles. The number of rotatable bonds is 4. The summed E-state index contributed by atoms with van der Waals surface area (Å²) in [4.78, 5) is -0.0652. The predicted octanol–water partition coefficient (Wildman–Crippen LogP) is -1.50. The van der Waals surface area contributed by atoms with Crippen LogP contribution < -0.4 is 0 Å². The van der Waals surface area contributed by atoms with E-state index >= 15 is 0 Å². The van der Waals surface area contributed by atoms with E-state index in [4.69, 9.17) is 8.92 Å². The molecule has 1 aliphatic rings. The minimum Gasteiger partial charge on any atom is -0.387 e. The maximum atomic E-state index is 12.0. The van der Waals surface area contributed by atoms with Gasteiger partial charge in [-0.15, -0.1) is 0 Å². The largest absolute Gasteiger partial charge is 0.387 e. The Hall–Kier alpha value is -1.07. The smallest absolute Gasteiger partial charge is 0.297 e. The molecule has 8 nitrogen and oxygen atoms in total. The Balaban J connectivity index is 2.04. The van der Waals surface area contributed by atoms with Crippen LogP contribution in [0.1, 0.15) is 5.56 Å². The lowest BCUT2D eigenvalue weighted by Gasteiger charge is -2.37. The van der Waals surface area contributed by atoms with Crippen molar-refractivity contribution in [2.75, 3.05) is 6.61 Å². The van der Waals surface area contributed by atoms with E-state index < -0.39 is 47.4 Å². The molecule has 124 valence electrons. The van der Waals surface area contributed by atoms with Crippen LogP contribution >= 0.6 is 0 Å². The molecule has 0 radical (unpaired) electrons. The van der Waals surface area contributed by atoms with E-state index in [0.29, 0.717) is 0 Å². The van der Waals surface area contributed by atoms with Gasteiger partial charge in [-0.05, 0) is 19.1 Å². The van der Waals surface area contributed by atoms with E-state index in [1.165, 1.54) is 12.1 Å². The second kappa shape index (κ2) is 6.59. The summed E-state index contributed by atoms with van der Waals surface area (Å²) >= 11 is 0. The molecule has 2 rings (SSSR count). The van der Waals surface area contributed by atoms with Crippen molar-refractivity contribution in [1.29, 1.82) is 0 Å². The minimum atomic E-state index is -4.07. The monoisotopic (exact) mass is 334 g/mol. The number of ether oxygens (including phenoxy) is 1. The third kappa shape index (κ3) is 3.63. The average Bonchev–Trinajstić information content (AvgIpc) is 2.48. The van der Waals surface area contributed by atoms with Crippen LogP contribution in [0.5, 0.6) is 0 Å². The Labute approximate surface area is 127 Å². The van der Waals surface area contributed by atoms with E-state index in [2.05, 4.69) is 0 Å². The summed E-state index contributed by atoms with van der Waals surface area (Å²) in [6.45, 7) is 1.19. The molecule has 0 bridgehead atoms. The Morgan fingerprint density at radius 1 is 1.05 bits per heavy atom. The predicted molar refractivity (Wildman–Crippen MR) is 73.2 cm³/mol. The zero-order chi connectivity index (χ0) is 16.5. The molecule has 22 heavy (non-hydrogen) atoms. The lowest BCUT2D eigenvalue weighted by atomic mass is 10.00. The highest BCUT2D eigenvalue weighted by Crippen LogP contribution is 2.21. The molecule has 0 aromatic heterocycles. The summed E-state index contributed by atoms with van der Waals surface area (Å²) < 4.78 is 33.6. The van der Waals surface area contributed by atoms with Gasteiger partial charge in [-0.1, -0.05) is 17.7 Å². The first-order chi connectivity index (χ1) is 10.2. The summed E-state index contributed by atoms with van der Waals surface area (Å²) in [7, 11) is -4.07. The van der Waals surface area contributed by atoms with E-state index in [0.717, 1.165) is 5.56 Å². The number of hydrogen-bond acceptors (Lipinski definition) is 8. The Morgan fingerprint density at radius 2 is 1.64 bits per heavy atom. The molecule has 4 N–H and O–H groups in total. The molecule has 1 saturated heterocycles. The first-order valence-corrected chi connectivity index (χ1v) is 7.97. The topological polar surface area (TPSA) is 134 Å². The minimum absolute atomic E-state index is 0.0652. The van der Waals surface area contributed by atoms with E-state index in [9.17, 15) is 28.8 Å². The molecule has 1 fully saturated rings. The molecule has 9 heteroatoms. The maximum Gasteiger partial charge on any atom is 0.297 e. The molecule has 0 spiro atoms. The zero-order valence-electron chi connectivity index (χ0n) is 11.7. The van der Waals surface area contributed by atoms with Crippen LogP contribution in [0.25, 0.3) is 0 Å². The van der Waals surface area contributed by atoms with Gasteiger partial charge in [-0.2, -0.15) is 8.42 Å². The van der Waals surface area contributed by atoms with Crippen molar-refractivity contribution in [2.45, 2.75) is 42.5 Å². The van der Waals surface area contributed by atoms with Gasteiger partial charge in [-0.3, -0.25) is 4.18 Å². The molecular formula is C13H18O8S. The maximum absolute atomic E-state index is 12.0. The fourth-order valence-electron chi connectivity index (χ4n) is 2.00. The van der Waals surface area contributed by atoms with Crippen molar-refractivity contribution in [2.24, 2.45) is 0 Å². The SMILES string of the molecule is Cc1ccc(S(=O)(=O)OCC2O[C@@H](O)C(O)C(O)[C@@H]2O)cc1. The van der Waals surface area contributed by atoms with E-state index in [-0.39, 0.29) is 4.90 Å². The van der Waals surface area contributed by atoms with Gasteiger partial charge in [0.15, 0.2) is 6.29 Å². The normalized spacial score (nSPS) is 32.9. The molecule has 5 atom stereocenters. The van der Waals surface area contributed by atoms with Gasteiger partial charge >= 0.3 is 0 Å². The van der Waals surface area contributed by atoms with Crippen molar-refractivity contribution in [3.63, 3.8) is 0 Å². The first kappa shape index (κ1) is 17.3. The standard InChI is InChI=1S/C13H18O8S/c1-7-2-4-8(5-3-7)22(18,19)20-6-9-10(14)11(15)12(16)13(17)21-9/h2-5,9-17H,6H2,1H3/t9?,10-,11?,12?,13-/m1/s1. The van der Waals surface area contributed by atoms with Crippen molar-refractivity contribution in [1.82, 2.24) is 0 Å². The number of aliphatic hydroxyl groups is 4. The quantitative estimate of drug-likeness (QED) is 0.489. The molecule has 0 saturated carbocycles. The Morgan fingerprint density at radius 3 is 2.23 bits per heavy atom. The fraction of sp³-hybridized carbons (Fsp3) is 0.538. The molecule has 1 aromatic rings. The second-order valence-electron chi connectivity index (χ2n) is 5.09. The van der Waals surface area contributed by atoms with Gasteiger partial charge in [0.1, 0.15) is 24.4 Å². The van der Waals surface area contributed by atoms with Crippen LogP contribution in [0, 0.1) is 6.92 Å². The van der Waals surface area contributed by atoms with Gasteiger partial charge in [-0.25, -0.2) is 0 Å². The van der Waals surface area contributed by atoms with Gasteiger partial charge in [0.2, 0.25) is 0 Å². The van der Waals surface area contributed by atoms with Crippen LogP contribution in [0.4, 0.5) is 0 Å². The van der Waals surface area contributed by atoms with Crippen molar-refractivity contribution < 1.29 is 37.8 Å². The summed E-state index contributed by atoms with van der Waals surface area (Å²) in [5.41, 5.74) is 0.880. The summed E-state index contributed by atoms with van der Waals surface area (Å²) in [6.07, 6.45) is -7.98. The van der Waals surface area contributed by atoms with Crippen LogP contribution in [-0.4, -0.2) is 66.2 Å². The van der Waals surface area contributed by atoms with Crippen LogP contribution in [-0.2, 0) is 19.0 Å². The Kier molecular flexibility index (Phi) is 5.17. The van der Waals surface area contributed by atoms with Gasteiger partial charge in [0.25, 0.3) is 10.1 Å². The summed E-state index contributed by atoms with van der Waals surface area (Å²) in [5.74, 6) is 0. The van der Waals surface area contributed by atoms with E-state index in [1.807, 2.05) is 0 Å². The lowest BCUT2D eigenvalue weighted by molar-refractivity contribution is -0.285. The van der Waals surface area contributed by atoms with Gasteiger partial charge < -0.3 is 25.2 Å². The average molecular weight is 334 g/mol. The van der Waals surface area contributed by atoms with Gasteiger partial charge in [0.05, 0.1) is 11.5 Å². The third-order valence-electron chi connectivity index (χ3n) is 3.38. The van der Waals surface area contributed by atoms with Crippen LogP contribution in [0.2, 0.25) is 0 Å². The van der Waals surface area contributed by atoms with E-state index in [1.54, 1.807) is 19.1 Å². The highest BCUT2D eigenvalue weighted by molar-refractivity contribution is 7.86. The van der Waals surface area contributed by atoms with Crippen LogP contribution in [0.3, 0.4) is 0 Å². The van der Waals surface area contributed by atoms with Crippen molar-refractivity contribution in [3.05, 3.63) is 29.8 Å². The van der Waals surface area contributed by atoms with Gasteiger partial charge in [0, 0.05) is 0 Å². The molecule has 0 aliphatic carbocycles. The number of aliphatic hydroxyl groups excluding tert-OH is 4. The zero-order valence-corrected chi connectivity index (χ0v) is 12.5. The number of hydrogen-bond donors (Lipinski definition) is 4. The molecule has 3 unspecified atom stereocenters. The number of aryl methyl sites for hydroxylation is 1. The molecule has 0 amide bonds. The lowest BCUT2D eigenvalue weighted by Crippen LogP contribution is -2.58. The summed E-state index contributed by atoms with van der Waals surface area (Å²) in [6, 6.07) is 5.95. The molecule has 1 aromatic carbocycles. The van der Waals surface area contributed by atoms with Crippen LogP contribution in [0.15, 0.2) is 29.2 Å². The van der Waals surface area contributed by atoms with Crippen molar-refractivity contribution in [3.8, 4) is 0 Å². The highest BCUT2D eigenvalue weighted by atomic mass is 32.2. The second-order valence-corrected chi connectivity index (χ2v) is 6.70. The van der Waals surface area contributed by atoms with Crippen molar-refractivity contribution >= 4 is 10.1 Å².